The van der Waals surface area contributed by atoms with Gasteiger partial charge in [-0.2, -0.15) is 0 Å². The molecule has 0 aromatic carbocycles. The van der Waals surface area contributed by atoms with Crippen LogP contribution in [0, 0.1) is 5.92 Å². The highest BCUT2D eigenvalue weighted by Crippen LogP contribution is 2.23. The molecule has 1 saturated heterocycles. The van der Waals surface area contributed by atoms with Crippen LogP contribution in [-0.2, 0) is 4.74 Å². The van der Waals surface area contributed by atoms with Crippen molar-refractivity contribution in [2.45, 2.75) is 65.1 Å². The number of carbonyl (C=O) groups excluding carboxylic acids is 1. The Balaban J connectivity index is 2.31. The van der Waals surface area contributed by atoms with Crippen molar-refractivity contribution in [2.24, 2.45) is 5.92 Å². The lowest BCUT2D eigenvalue weighted by molar-refractivity contribution is -0.0309. The smallest absolute Gasteiger partial charge is 0.410 e. The van der Waals surface area contributed by atoms with Gasteiger partial charge < -0.3 is 20.1 Å². The standard InChI is InChI=1S/C16H32N2O3/c1-13(2)6-9-17-12-16(20)7-10-18(11-8-16)14(19)21-15(3,4)5/h13,17,20H,6-12H2,1-5H3. The third-order valence-corrected chi connectivity index (χ3v) is 3.70. The molecule has 124 valence electrons. The molecular formula is C16H32N2O3. The van der Waals surface area contributed by atoms with E-state index in [4.69, 9.17) is 4.74 Å². The number of amides is 1. The van der Waals surface area contributed by atoms with Crippen LogP contribution in [-0.4, -0.2) is 53.5 Å². The van der Waals surface area contributed by atoms with Gasteiger partial charge in [-0.15, -0.1) is 0 Å². The maximum absolute atomic E-state index is 12.0. The highest BCUT2D eigenvalue weighted by Gasteiger charge is 2.34. The van der Waals surface area contributed by atoms with Gasteiger partial charge in [-0.3, -0.25) is 0 Å². The molecule has 0 aromatic rings. The van der Waals surface area contributed by atoms with E-state index in [-0.39, 0.29) is 6.09 Å². The van der Waals surface area contributed by atoms with E-state index in [0.717, 1.165) is 13.0 Å². The minimum Gasteiger partial charge on any atom is -0.444 e. The summed E-state index contributed by atoms with van der Waals surface area (Å²) < 4.78 is 5.36. The Kier molecular flexibility index (Phi) is 6.47. The number of nitrogens with one attached hydrogen (secondary N) is 1. The van der Waals surface area contributed by atoms with Gasteiger partial charge in [0.2, 0.25) is 0 Å². The molecule has 21 heavy (non-hydrogen) atoms. The molecule has 5 nitrogen and oxygen atoms in total. The van der Waals surface area contributed by atoms with Crippen molar-refractivity contribution in [3.63, 3.8) is 0 Å². The predicted octanol–water partition coefficient (Wildman–Crippen LogP) is 2.38. The minimum atomic E-state index is -0.699. The second-order valence-corrected chi connectivity index (χ2v) is 7.55. The van der Waals surface area contributed by atoms with Gasteiger partial charge in [0.1, 0.15) is 5.60 Å². The molecule has 1 fully saturated rings. The first-order chi connectivity index (χ1) is 9.61. The van der Waals surface area contributed by atoms with Crippen LogP contribution < -0.4 is 5.32 Å². The van der Waals surface area contributed by atoms with Crippen molar-refractivity contribution < 1.29 is 14.6 Å². The van der Waals surface area contributed by atoms with Crippen LogP contribution in [0.5, 0.6) is 0 Å². The van der Waals surface area contributed by atoms with Crippen LogP contribution >= 0.6 is 0 Å². The minimum absolute atomic E-state index is 0.280. The predicted molar refractivity (Wildman–Crippen MR) is 84.3 cm³/mol. The maximum atomic E-state index is 12.0. The summed E-state index contributed by atoms with van der Waals surface area (Å²) in [6.45, 7) is 12.6. The fourth-order valence-corrected chi connectivity index (χ4v) is 2.32. The summed E-state index contributed by atoms with van der Waals surface area (Å²) in [7, 11) is 0. The highest BCUT2D eigenvalue weighted by molar-refractivity contribution is 5.68. The highest BCUT2D eigenvalue weighted by atomic mass is 16.6. The molecule has 1 heterocycles. The summed E-state index contributed by atoms with van der Waals surface area (Å²) in [5.41, 5.74) is -1.17. The number of hydrogen-bond acceptors (Lipinski definition) is 4. The summed E-state index contributed by atoms with van der Waals surface area (Å²) in [5.74, 6) is 0.668. The Morgan fingerprint density at radius 1 is 1.33 bits per heavy atom. The molecule has 1 amide bonds. The lowest BCUT2D eigenvalue weighted by Gasteiger charge is -2.38. The second kappa shape index (κ2) is 7.45. The van der Waals surface area contributed by atoms with Gasteiger partial charge in [-0.05, 0) is 52.5 Å². The van der Waals surface area contributed by atoms with Gasteiger partial charge >= 0.3 is 6.09 Å². The first kappa shape index (κ1) is 18.2. The Hall–Kier alpha value is -0.810. The summed E-state index contributed by atoms with van der Waals surface area (Å²) in [6, 6.07) is 0. The third kappa shape index (κ3) is 7.14. The molecule has 0 aliphatic carbocycles. The van der Waals surface area contributed by atoms with Gasteiger partial charge in [0.05, 0.1) is 5.60 Å². The zero-order valence-electron chi connectivity index (χ0n) is 14.2. The van der Waals surface area contributed by atoms with Gasteiger partial charge in [-0.1, -0.05) is 13.8 Å². The molecule has 5 heteroatoms. The quantitative estimate of drug-likeness (QED) is 0.765. The van der Waals surface area contributed by atoms with Gasteiger partial charge in [0.25, 0.3) is 0 Å². The molecule has 0 aromatic heterocycles. The summed E-state index contributed by atoms with van der Waals surface area (Å²) in [4.78, 5) is 13.7. The first-order valence-corrected chi connectivity index (χ1v) is 8.02. The number of aliphatic hydroxyl groups is 1. The summed E-state index contributed by atoms with van der Waals surface area (Å²) >= 11 is 0. The molecule has 2 N–H and O–H groups in total. The SMILES string of the molecule is CC(C)CCNCC1(O)CCN(C(=O)OC(C)(C)C)CC1. The van der Waals surface area contributed by atoms with E-state index < -0.39 is 11.2 Å². The zero-order chi connectivity index (χ0) is 16.1. The number of carbonyl (C=O) groups is 1. The van der Waals surface area contributed by atoms with Crippen molar-refractivity contribution in [2.75, 3.05) is 26.2 Å². The second-order valence-electron chi connectivity index (χ2n) is 7.55. The van der Waals surface area contributed by atoms with E-state index in [2.05, 4.69) is 19.2 Å². The first-order valence-electron chi connectivity index (χ1n) is 8.02. The average molecular weight is 300 g/mol. The van der Waals surface area contributed by atoms with Gasteiger partial charge in [0.15, 0.2) is 0 Å². The molecule has 0 atom stereocenters. The maximum Gasteiger partial charge on any atom is 0.410 e. The summed E-state index contributed by atoms with van der Waals surface area (Å²) in [5, 5.41) is 13.9. The molecule has 0 radical (unpaired) electrons. The lowest BCUT2D eigenvalue weighted by atomic mass is 9.91. The largest absolute Gasteiger partial charge is 0.444 e. The molecule has 1 rings (SSSR count). The Labute approximate surface area is 129 Å². The fraction of sp³-hybridized carbons (Fsp3) is 0.938. The van der Waals surface area contributed by atoms with E-state index in [1.807, 2.05) is 20.8 Å². The van der Waals surface area contributed by atoms with Gasteiger partial charge in [-0.25, -0.2) is 4.79 Å². The van der Waals surface area contributed by atoms with Crippen molar-refractivity contribution >= 4 is 6.09 Å². The van der Waals surface area contributed by atoms with Crippen LogP contribution in [0.4, 0.5) is 4.79 Å². The van der Waals surface area contributed by atoms with E-state index >= 15 is 0 Å². The number of ether oxygens (including phenoxy) is 1. The van der Waals surface area contributed by atoms with Crippen LogP contribution in [0.1, 0.15) is 53.9 Å². The van der Waals surface area contributed by atoms with Crippen molar-refractivity contribution in [1.82, 2.24) is 10.2 Å². The topological polar surface area (TPSA) is 61.8 Å². The Morgan fingerprint density at radius 2 is 1.90 bits per heavy atom. The molecule has 0 unspecified atom stereocenters. The molecule has 0 bridgehead atoms. The number of nitrogens with zero attached hydrogens (tertiary/aromatic N) is 1. The van der Waals surface area contributed by atoms with Gasteiger partial charge in [0, 0.05) is 19.6 Å². The van der Waals surface area contributed by atoms with Crippen molar-refractivity contribution in [3.05, 3.63) is 0 Å². The number of hydrogen-bond donors (Lipinski definition) is 2. The van der Waals surface area contributed by atoms with E-state index in [1.165, 1.54) is 0 Å². The van der Waals surface area contributed by atoms with Crippen LogP contribution in [0.25, 0.3) is 0 Å². The number of rotatable bonds is 5. The van der Waals surface area contributed by atoms with E-state index in [9.17, 15) is 9.90 Å². The Morgan fingerprint density at radius 3 is 2.38 bits per heavy atom. The van der Waals surface area contributed by atoms with Crippen molar-refractivity contribution in [3.8, 4) is 0 Å². The summed E-state index contributed by atoms with van der Waals surface area (Å²) in [6.07, 6.45) is 2.03. The Bertz CT molecular complexity index is 329. The third-order valence-electron chi connectivity index (χ3n) is 3.70. The number of likely N-dealkylation sites (tertiary alicyclic amines) is 1. The lowest BCUT2D eigenvalue weighted by Crippen LogP contribution is -2.52. The molecule has 0 spiro atoms. The average Bonchev–Trinajstić information content (AvgIpc) is 2.33. The van der Waals surface area contributed by atoms with Crippen LogP contribution in [0.3, 0.4) is 0 Å². The van der Waals surface area contributed by atoms with E-state index in [0.29, 0.717) is 38.4 Å². The molecular weight excluding hydrogens is 268 g/mol. The monoisotopic (exact) mass is 300 g/mol. The zero-order valence-corrected chi connectivity index (χ0v) is 14.2. The fourth-order valence-electron chi connectivity index (χ4n) is 2.32. The molecule has 1 aliphatic rings. The van der Waals surface area contributed by atoms with Crippen molar-refractivity contribution in [1.29, 1.82) is 0 Å². The molecule has 1 aliphatic heterocycles. The van der Waals surface area contributed by atoms with Crippen LogP contribution in [0.15, 0.2) is 0 Å². The van der Waals surface area contributed by atoms with Crippen LogP contribution in [0.2, 0.25) is 0 Å². The molecule has 0 saturated carbocycles. The van der Waals surface area contributed by atoms with E-state index in [1.54, 1.807) is 4.90 Å². The number of piperidine rings is 1. The normalized spacial score (nSPS) is 18.9.